The maximum atomic E-state index is 12.7. The number of esters is 1. The van der Waals surface area contributed by atoms with Gasteiger partial charge < -0.3 is 19.7 Å². The Balaban J connectivity index is 1.89. The van der Waals surface area contributed by atoms with E-state index >= 15 is 0 Å². The van der Waals surface area contributed by atoms with Crippen LogP contribution in [-0.2, 0) is 9.53 Å². The molecule has 27 heavy (non-hydrogen) atoms. The first-order valence-corrected chi connectivity index (χ1v) is 8.52. The maximum Gasteiger partial charge on any atom is 0.338 e. The summed E-state index contributed by atoms with van der Waals surface area (Å²) in [7, 11) is 2.80. The standard InChI is InChI=1S/C20H20N2O5/c1-26-17-10-9-13(12-16(17)22-11-5-8-18(22)23)21-19(24)14-6-3-4-7-15(14)20(25)27-2/h3-4,6-7,9-10,12H,5,8,11H2,1-2H3,(H,21,24). The van der Waals surface area contributed by atoms with Gasteiger partial charge in [-0.25, -0.2) is 4.79 Å². The van der Waals surface area contributed by atoms with Gasteiger partial charge in [0.05, 0.1) is 31.0 Å². The van der Waals surface area contributed by atoms with Crippen LogP contribution >= 0.6 is 0 Å². The zero-order valence-corrected chi connectivity index (χ0v) is 15.2. The molecule has 1 aliphatic rings. The summed E-state index contributed by atoms with van der Waals surface area (Å²) >= 11 is 0. The molecule has 0 bridgehead atoms. The minimum absolute atomic E-state index is 0.0211. The highest BCUT2D eigenvalue weighted by molar-refractivity contribution is 6.11. The molecule has 2 amide bonds. The second-order valence-electron chi connectivity index (χ2n) is 6.03. The van der Waals surface area contributed by atoms with Crippen LogP contribution in [-0.4, -0.2) is 38.5 Å². The lowest BCUT2D eigenvalue weighted by Gasteiger charge is -2.20. The van der Waals surface area contributed by atoms with E-state index in [0.717, 1.165) is 6.42 Å². The monoisotopic (exact) mass is 368 g/mol. The van der Waals surface area contributed by atoms with Crippen LogP contribution in [0.15, 0.2) is 42.5 Å². The lowest BCUT2D eigenvalue weighted by atomic mass is 10.1. The van der Waals surface area contributed by atoms with E-state index in [4.69, 9.17) is 9.47 Å². The van der Waals surface area contributed by atoms with Gasteiger partial charge in [0.25, 0.3) is 5.91 Å². The van der Waals surface area contributed by atoms with Crippen LogP contribution in [0.1, 0.15) is 33.6 Å². The molecule has 0 aliphatic carbocycles. The van der Waals surface area contributed by atoms with Crippen molar-refractivity contribution >= 4 is 29.2 Å². The summed E-state index contributed by atoms with van der Waals surface area (Å²) in [5, 5.41) is 2.77. The van der Waals surface area contributed by atoms with Crippen molar-refractivity contribution in [1.82, 2.24) is 0 Å². The number of nitrogens with one attached hydrogen (secondary N) is 1. The zero-order valence-electron chi connectivity index (χ0n) is 15.2. The quantitative estimate of drug-likeness (QED) is 0.821. The molecule has 0 atom stereocenters. The average Bonchev–Trinajstić information content (AvgIpc) is 3.13. The first kappa shape index (κ1) is 18.4. The van der Waals surface area contributed by atoms with Crippen molar-refractivity contribution in [3.63, 3.8) is 0 Å². The fourth-order valence-corrected chi connectivity index (χ4v) is 3.05. The van der Waals surface area contributed by atoms with Crippen molar-refractivity contribution in [3.05, 3.63) is 53.6 Å². The van der Waals surface area contributed by atoms with Gasteiger partial charge in [0.15, 0.2) is 0 Å². The SMILES string of the molecule is COC(=O)c1ccccc1C(=O)Nc1ccc(OC)c(N2CCCC2=O)c1. The summed E-state index contributed by atoms with van der Waals surface area (Å²) in [5.74, 6) is -0.454. The summed E-state index contributed by atoms with van der Waals surface area (Å²) in [6.07, 6.45) is 1.28. The van der Waals surface area contributed by atoms with Gasteiger partial charge in [-0.05, 0) is 36.8 Å². The minimum Gasteiger partial charge on any atom is -0.495 e. The van der Waals surface area contributed by atoms with Gasteiger partial charge >= 0.3 is 5.97 Å². The molecule has 140 valence electrons. The van der Waals surface area contributed by atoms with Gasteiger partial charge in [0.2, 0.25) is 5.91 Å². The number of methoxy groups -OCH3 is 2. The predicted molar refractivity (Wildman–Crippen MR) is 100 cm³/mol. The van der Waals surface area contributed by atoms with Gasteiger partial charge in [0, 0.05) is 18.7 Å². The molecule has 1 fully saturated rings. The average molecular weight is 368 g/mol. The first-order valence-electron chi connectivity index (χ1n) is 8.52. The van der Waals surface area contributed by atoms with E-state index in [-0.39, 0.29) is 17.0 Å². The van der Waals surface area contributed by atoms with Crippen molar-refractivity contribution in [2.75, 3.05) is 31.0 Å². The fraction of sp³-hybridized carbons (Fsp3) is 0.250. The molecule has 0 saturated carbocycles. The third-order valence-corrected chi connectivity index (χ3v) is 4.38. The Morgan fingerprint density at radius 1 is 1.07 bits per heavy atom. The van der Waals surface area contributed by atoms with Gasteiger partial charge in [-0.1, -0.05) is 12.1 Å². The molecule has 0 aromatic heterocycles. The van der Waals surface area contributed by atoms with Crippen LogP contribution in [0, 0.1) is 0 Å². The number of carbonyl (C=O) groups is 3. The smallest absolute Gasteiger partial charge is 0.338 e. The number of rotatable bonds is 5. The molecule has 2 aromatic carbocycles. The predicted octanol–water partition coefficient (Wildman–Crippen LogP) is 2.86. The fourth-order valence-electron chi connectivity index (χ4n) is 3.05. The number of ether oxygens (including phenoxy) is 2. The lowest BCUT2D eigenvalue weighted by molar-refractivity contribution is -0.117. The molecule has 1 heterocycles. The van der Waals surface area contributed by atoms with Crippen molar-refractivity contribution < 1.29 is 23.9 Å². The lowest BCUT2D eigenvalue weighted by Crippen LogP contribution is -2.24. The van der Waals surface area contributed by atoms with E-state index in [0.29, 0.717) is 30.1 Å². The van der Waals surface area contributed by atoms with Crippen molar-refractivity contribution in [3.8, 4) is 5.75 Å². The van der Waals surface area contributed by atoms with E-state index < -0.39 is 11.9 Å². The molecule has 0 spiro atoms. The molecule has 3 rings (SSSR count). The Hall–Kier alpha value is -3.35. The Labute approximate surface area is 156 Å². The molecule has 0 radical (unpaired) electrons. The minimum atomic E-state index is -0.584. The molecule has 0 unspecified atom stereocenters. The van der Waals surface area contributed by atoms with Crippen LogP contribution in [0.5, 0.6) is 5.75 Å². The Morgan fingerprint density at radius 2 is 1.81 bits per heavy atom. The number of nitrogens with zero attached hydrogens (tertiary/aromatic N) is 1. The van der Waals surface area contributed by atoms with Crippen LogP contribution in [0.4, 0.5) is 11.4 Å². The molecular weight excluding hydrogens is 348 g/mol. The van der Waals surface area contributed by atoms with E-state index in [1.165, 1.54) is 20.3 Å². The number of benzene rings is 2. The number of carbonyl (C=O) groups excluding carboxylic acids is 3. The normalized spacial score (nSPS) is 13.4. The third-order valence-electron chi connectivity index (χ3n) is 4.38. The van der Waals surface area contributed by atoms with Gasteiger partial charge in [0.1, 0.15) is 5.75 Å². The van der Waals surface area contributed by atoms with Crippen LogP contribution in [0.25, 0.3) is 0 Å². The first-order chi connectivity index (χ1) is 13.0. The molecule has 1 aliphatic heterocycles. The van der Waals surface area contributed by atoms with Crippen molar-refractivity contribution in [1.29, 1.82) is 0 Å². The third kappa shape index (κ3) is 3.76. The highest BCUT2D eigenvalue weighted by atomic mass is 16.5. The summed E-state index contributed by atoms with van der Waals surface area (Å²) in [6, 6.07) is 11.5. The largest absolute Gasteiger partial charge is 0.495 e. The van der Waals surface area contributed by atoms with Gasteiger partial charge in [-0.15, -0.1) is 0 Å². The highest BCUT2D eigenvalue weighted by Gasteiger charge is 2.25. The van der Waals surface area contributed by atoms with E-state index in [2.05, 4.69) is 5.32 Å². The Kier molecular flexibility index (Phi) is 5.40. The number of anilines is 2. The molecule has 7 nitrogen and oxygen atoms in total. The second kappa shape index (κ2) is 7.90. The molecule has 1 saturated heterocycles. The highest BCUT2D eigenvalue weighted by Crippen LogP contribution is 2.34. The second-order valence-corrected chi connectivity index (χ2v) is 6.03. The molecular formula is C20H20N2O5. The van der Waals surface area contributed by atoms with Crippen LogP contribution in [0.3, 0.4) is 0 Å². The summed E-state index contributed by atoms with van der Waals surface area (Å²) in [5.41, 5.74) is 1.49. The Morgan fingerprint density at radius 3 is 2.44 bits per heavy atom. The van der Waals surface area contributed by atoms with E-state index in [9.17, 15) is 14.4 Å². The van der Waals surface area contributed by atoms with Crippen molar-refractivity contribution in [2.45, 2.75) is 12.8 Å². The number of hydrogen-bond acceptors (Lipinski definition) is 5. The van der Waals surface area contributed by atoms with Gasteiger partial charge in [-0.3, -0.25) is 9.59 Å². The number of hydrogen-bond donors (Lipinski definition) is 1. The maximum absolute atomic E-state index is 12.7. The van der Waals surface area contributed by atoms with Crippen LogP contribution < -0.4 is 15.0 Å². The summed E-state index contributed by atoms with van der Waals surface area (Å²) < 4.78 is 10.1. The van der Waals surface area contributed by atoms with Crippen molar-refractivity contribution in [2.24, 2.45) is 0 Å². The molecule has 7 heteroatoms. The Bertz CT molecular complexity index is 894. The number of amides is 2. The summed E-state index contributed by atoms with van der Waals surface area (Å²) in [6.45, 7) is 0.609. The van der Waals surface area contributed by atoms with Gasteiger partial charge in [-0.2, -0.15) is 0 Å². The van der Waals surface area contributed by atoms with E-state index in [1.807, 2.05) is 0 Å². The zero-order chi connectivity index (χ0) is 19.4. The topological polar surface area (TPSA) is 84.9 Å². The summed E-state index contributed by atoms with van der Waals surface area (Å²) in [4.78, 5) is 38.3. The molecule has 2 aromatic rings. The van der Waals surface area contributed by atoms with Crippen LogP contribution in [0.2, 0.25) is 0 Å². The molecule has 1 N–H and O–H groups in total. The van der Waals surface area contributed by atoms with E-state index in [1.54, 1.807) is 41.3 Å².